The lowest BCUT2D eigenvalue weighted by molar-refractivity contribution is -0.143. The lowest BCUT2D eigenvalue weighted by Gasteiger charge is -2.34. The van der Waals surface area contributed by atoms with Crippen LogP contribution in [0.3, 0.4) is 0 Å². The van der Waals surface area contributed by atoms with Crippen molar-refractivity contribution >= 4 is 17.9 Å². The summed E-state index contributed by atoms with van der Waals surface area (Å²) in [6, 6.07) is 12.9. The molecular weight excluding hydrogens is 446 g/mol. The van der Waals surface area contributed by atoms with Crippen LogP contribution in [0, 0.1) is 13.8 Å². The van der Waals surface area contributed by atoms with E-state index in [0.29, 0.717) is 12.1 Å². The van der Waals surface area contributed by atoms with Crippen LogP contribution in [0.5, 0.6) is 0 Å². The summed E-state index contributed by atoms with van der Waals surface area (Å²) in [4.78, 5) is 40.8. The number of carbonyl (C=O) groups excluding carboxylic acids is 3. The van der Waals surface area contributed by atoms with Crippen molar-refractivity contribution in [1.29, 1.82) is 0 Å². The number of nitrogens with one attached hydrogen (secondary N) is 2. The van der Waals surface area contributed by atoms with Gasteiger partial charge in [0, 0.05) is 13.1 Å². The van der Waals surface area contributed by atoms with Crippen LogP contribution in [-0.4, -0.2) is 52.7 Å². The minimum atomic E-state index is -1.27. The van der Waals surface area contributed by atoms with E-state index < -0.39 is 36.3 Å². The van der Waals surface area contributed by atoms with Gasteiger partial charge in [-0.3, -0.25) is 9.59 Å². The van der Waals surface area contributed by atoms with Crippen LogP contribution >= 0.6 is 0 Å². The van der Waals surface area contributed by atoms with Gasteiger partial charge in [-0.1, -0.05) is 48.5 Å². The van der Waals surface area contributed by atoms with E-state index in [9.17, 15) is 19.5 Å². The number of aliphatic hydroxyl groups excluding tert-OH is 1. The number of hydrogen-bond donors (Lipinski definition) is 3. The van der Waals surface area contributed by atoms with Gasteiger partial charge < -0.3 is 25.4 Å². The van der Waals surface area contributed by atoms with Crippen LogP contribution in [-0.2, 0) is 20.9 Å². The second-order valence-corrected chi connectivity index (χ2v) is 9.42. The average Bonchev–Trinajstić information content (AvgIpc) is 2.79. The number of nitrogens with zero attached hydrogens (tertiary/aromatic N) is 1. The minimum absolute atomic E-state index is 0.183. The van der Waals surface area contributed by atoms with Crippen LogP contribution in [0.1, 0.15) is 56.0 Å². The Labute approximate surface area is 207 Å². The molecule has 0 fully saturated rings. The highest BCUT2D eigenvalue weighted by molar-refractivity contribution is 5.92. The van der Waals surface area contributed by atoms with Gasteiger partial charge >= 0.3 is 6.09 Å². The molecule has 0 aliphatic rings. The predicted octanol–water partition coefficient (Wildman–Crippen LogP) is 3.40. The molecular formula is C27H37N3O5. The van der Waals surface area contributed by atoms with Crippen molar-refractivity contribution < 1.29 is 24.2 Å². The Bertz CT molecular complexity index is 997. The Hall–Kier alpha value is -3.39. The van der Waals surface area contributed by atoms with E-state index >= 15 is 0 Å². The maximum absolute atomic E-state index is 13.6. The third-order valence-corrected chi connectivity index (χ3v) is 5.48. The molecule has 0 bridgehead atoms. The molecule has 3 amide bonds. The largest absolute Gasteiger partial charge is 0.444 e. The molecule has 0 aromatic heterocycles. The summed E-state index contributed by atoms with van der Waals surface area (Å²) in [6.07, 6.45) is -0.821. The average molecular weight is 484 g/mol. The molecule has 8 nitrogen and oxygen atoms in total. The van der Waals surface area contributed by atoms with Gasteiger partial charge in [-0.2, -0.15) is 0 Å². The summed E-state index contributed by atoms with van der Waals surface area (Å²) >= 11 is 0. The van der Waals surface area contributed by atoms with E-state index in [0.717, 1.165) is 16.7 Å². The van der Waals surface area contributed by atoms with Gasteiger partial charge in [-0.25, -0.2) is 4.79 Å². The third-order valence-electron chi connectivity index (χ3n) is 5.48. The molecule has 8 heteroatoms. The normalized spacial score (nSPS) is 12.9. The number of likely N-dealkylation sites (N-methyl/N-ethyl adjacent to an activating group) is 1. The Balaban J connectivity index is 2.38. The Kier molecular flexibility index (Phi) is 9.83. The topological polar surface area (TPSA) is 108 Å². The highest BCUT2D eigenvalue weighted by atomic mass is 16.6. The van der Waals surface area contributed by atoms with E-state index in [4.69, 9.17) is 4.74 Å². The SMILES string of the molecule is CCN(C(=O)C(CO)NC(=O)OC(C)(C)C)C(C(=O)NCc1ccccc1)c1c(C)cccc1C. The minimum Gasteiger partial charge on any atom is -0.444 e. The summed E-state index contributed by atoms with van der Waals surface area (Å²) in [5, 5.41) is 15.3. The molecule has 0 heterocycles. The summed E-state index contributed by atoms with van der Waals surface area (Å²) in [5.41, 5.74) is 2.58. The second-order valence-electron chi connectivity index (χ2n) is 9.42. The highest BCUT2D eigenvalue weighted by Crippen LogP contribution is 2.28. The standard InChI is InChI=1S/C27H37N3O5/c1-7-30(25(33)21(17-31)29-26(34)35-27(4,5)6)23(22-18(2)12-11-13-19(22)3)24(32)28-16-20-14-9-8-10-15-20/h8-15,21,23,31H,7,16-17H2,1-6H3,(H,28,32)(H,29,34). The molecule has 35 heavy (non-hydrogen) atoms. The maximum Gasteiger partial charge on any atom is 0.408 e. The van der Waals surface area contributed by atoms with Gasteiger partial charge in [0.15, 0.2) is 0 Å². The number of amides is 3. The zero-order valence-corrected chi connectivity index (χ0v) is 21.4. The Morgan fingerprint density at radius 2 is 1.60 bits per heavy atom. The summed E-state index contributed by atoms with van der Waals surface area (Å²) in [6.45, 7) is 10.5. The smallest absolute Gasteiger partial charge is 0.408 e. The van der Waals surface area contributed by atoms with Crippen LogP contribution in [0.4, 0.5) is 4.79 Å². The van der Waals surface area contributed by atoms with Crippen molar-refractivity contribution in [2.45, 2.75) is 65.8 Å². The number of benzene rings is 2. The number of aryl methyl sites for hydroxylation is 2. The van der Waals surface area contributed by atoms with E-state index in [2.05, 4.69) is 10.6 Å². The lowest BCUT2D eigenvalue weighted by atomic mass is 9.93. The third kappa shape index (κ3) is 7.82. The molecule has 0 spiro atoms. The molecule has 0 saturated heterocycles. The number of aliphatic hydroxyl groups is 1. The first-order valence-corrected chi connectivity index (χ1v) is 11.8. The van der Waals surface area contributed by atoms with Gasteiger partial charge in [0.1, 0.15) is 17.7 Å². The number of ether oxygens (including phenoxy) is 1. The zero-order chi connectivity index (χ0) is 26.2. The first-order chi connectivity index (χ1) is 16.5. The molecule has 2 rings (SSSR count). The Morgan fingerprint density at radius 3 is 2.11 bits per heavy atom. The summed E-state index contributed by atoms with van der Waals surface area (Å²) < 4.78 is 5.24. The molecule has 0 radical (unpaired) electrons. The van der Waals surface area contributed by atoms with Crippen LogP contribution in [0.2, 0.25) is 0 Å². The van der Waals surface area contributed by atoms with Crippen molar-refractivity contribution in [2.24, 2.45) is 0 Å². The molecule has 2 aromatic carbocycles. The fourth-order valence-corrected chi connectivity index (χ4v) is 3.87. The van der Waals surface area contributed by atoms with Gasteiger partial charge in [0.05, 0.1) is 6.61 Å². The van der Waals surface area contributed by atoms with Crippen LogP contribution in [0.15, 0.2) is 48.5 Å². The van der Waals surface area contributed by atoms with Gasteiger partial charge in [-0.15, -0.1) is 0 Å². The molecule has 2 atom stereocenters. The van der Waals surface area contributed by atoms with E-state index in [1.165, 1.54) is 4.90 Å². The summed E-state index contributed by atoms with van der Waals surface area (Å²) in [7, 11) is 0. The van der Waals surface area contributed by atoms with E-state index in [-0.39, 0.29) is 12.5 Å². The number of carbonyl (C=O) groups is 3. The molecule has 0 saturated carbocycles. The number of alkyl carbamates (subject to hydrolysis) is 1. The van der Waals surface area contributed by atoms with Gasteiger partial charge in [-0.05, 0) is 63.8 Å². The quantitative estimate of drug-likeness (QED) is 0.507. The monoisotopic (exact) mass is 483 g/mol. The number of hydrogen-bond acceptors (Lipinski definition) is 5. The van der Waals surface area contributed by atoms with Crippen molar-refractivity contribution in [2.75, 3.05) is 13.2 Å². The fraction of sp³-hybridized carbons (Fsp3) is 0.444. The molecule has 0 aliphatic carbocycles. The highest BCUT2D eigenvalue weighted by Gasteiger charge is 2.36. The van der Waals surface area contributed by atoms with Crippen molar-refractivity contribution in [1.82, 2.24) is 15.5 Å². The predicted molar refractivity (Wildman–Crippen MR) is 135 cm³/mol. The van der Waals surface area contributed by atoms with Gasteiger partial charge in [0.25, 0.3) is 0 Å². The van der Waals surface area contributed by atoms with E-state index in [1.807, 2.05) is 62.4 Å². The van der Waals surface area contributed by atoms with Crippen molar-refractivity contribution in [3.8, 4) is 0 Å². The first-order valence-electron chi connectivity index (χ1n) is 11.8. The van der Waals surface area contributed by atoms with E-state index in [1.54, 1.807) is 27.7 Å². The second kappa shape index (κ2) is 12.4. The lowest BCUT2D eigenvalue weighted by Crippen LogP contribution is -2.54. The van der Waals surface area contributed by atoms with Crippen molar-refractivity contribution in [3.05, 3.63) is 70.8 Å². The van der Waals surface area contributed by atoms with Crippen LogP contribution < -0.4 is 10.6 Å². The zero-order valence-electron chi connectivity index (χ0n) is 21.4. The van der Waals surface area contributed by atoms with Gasteiger partial charge in [0.2, 0.25) is 11.8 Å². The fourth-order valence-electron chi connectivity index (χ4n) is 3.87. The first kappa shape index (κ1) is 27.9. The molecule has 0 aliphatic heterocycles. The van der Waals surface area contributed by atoms with Crippen molar-refractivity contribution in [3.63, 3.8) is 0 Å². The molecule has 2 unspecified atom stereocenters. The molecule has 3 N–H and O–H groups in total. The molecule has 190 valence electrons. The van der Waals surface area contributed by atoms with Crippen LogP contribution in [0.25, 0.3) is 0 Å². The maximum atomic E-state index is 13.6. The Morgan fingerprint density at radius 1 is 1.00 bits per heavy atom. The number of rotatable bonds is 9. The molecule has 2 aromatic rings. The summed E-state index contributed by atoms with van der Waals surface area (Å²) in [5.74, 6) is -0.932.